The maximum absolute atomic E-state index is 11.5. The highest BCUT2D eigenvalue weighted by Gasteiger charge is 2.41. The number of nitrogens with zero attached hydrogens (tertiary/aromatic N) is 1. The van der Waals surface area contributed by atoms with Crippen molar-refractivity contribution in [2.24, 2.45) is 0 Å². The van der Waals surface area contributed by atoms with Gasteiger partial charge in [0.25, 0.3) is 0 Å². The lowest BCUT2D eigenvalue weighted by Gasteiger charge is -2.42. The van der Waals surface area contributed by atoms with Crippen molar-refractivity contribution in [1.82, 2.24) is 4.90 Å². The van der Waals surface area contributed by atoms with Gasteiger partial charge in [-0.3, -0.25) is 9.69 Å². The smallest absolute Gasteiger partial charge is 0.303 e. The third kappa shape index (κ3) is 23.0. The Morgan fingerprint density at radius 1 is 0.574 bits per heavy atom. The number of unbranched alkanes of at least 4 members (excludes halogenated alkanes) is 14. The van der Waals surface area contributed by atoms with E-state index in [0.29, 0.717) is 6.42 Å². The van der Waals surface area contributed by atoms with Gasteiger partial charge in [-0.25, -0.2) is 0 Å². The molecular weight excluding hydrogens is 615 g/mol. The molecule has 0 aromatic rings. The van der Waals surface area contributed by atoms with Crippen molar-refractivity contribution in [3.8, 4) is 0 Å². The Kier molecular flexibility index (Phi) is 24.7. The van der Waals surface area contributed by atoms with E-state index in [0.717, 1.165) is 32.5 Å². The van der Waals surface area contributed by atoms with Crippen LogP contribution in [0.15, 0.2) is 0 Å². The molecule has 5 nitrogen and oxygen atoms in total. The van der Waals surface area contributed by atoms with Crippen molar-refractivity contribution >= 4 is 22.6 Å². The average molecular weight is 700 g/mol. The summed E-state index contributed by atoms with van der Waals surface area (Å²) in [5.41, 5.74) is 0. The van der Waals surface area contributed by atoms with Crippen LogP contribution in [0, 0.1) is 0 Å². The molecule has 0 fully saturated rings. The topological polar surface area (TPSA) is 59.0 Å². The fourth-order valence-electron chi connectivity index (χ4n) is 5.86. The molecule has 2 unspecified atom stereocenters. The zero-order valence-electron chi connectivity index (χ0n) is 34.0. The Morgan fingerprint density at radius 2 is 0.894 bits per heavy atom. The van der Waals surface area contributed by atoms with Gasteiger partial charge in [0.15, 0.2) is 16.6 Å². The van der Waals surface area contributed by atoms with E-state index in [2.05, 4.69) is 86.5 Å². The first-order valence-corrected chi connectivity index (χ1v) is 26.0. The standard InChI is InChI=1S/C40H85NO4Si2/c1-13-15-17-19-21-23-25-27-30-36(44-46(9,10)39(3,4)5)34-41(33-29-32-38(42)43)35-37(45-47(11,12)40(6,7)8)31-28-26-24-22-20-18-16-14-2/h36-37H,13-35H2,1-12H3,(H,42,43). The molecule has 0 rings (SSSR count). The minimum atomic E-state index is -1.97. The van der Waals surface area contributed by atoms with Gasteiger partial charge in [-0.2, -0.15) is 0 Å². The molecule has 0 aliphatic heterocycles. The van der Waals surface area contributed by atoms with Gasteiger partial charge < -0.3 is 14.0 Å². The molecule has 2 atom stereocenters. The maximum atomic E-state index is 11.5. The maximum Gasteiger partial charge on any atom is 0.303 e. The van der Waals surface area contributed by atoms with E-state index in [1.54, 1.807) is 0 Å². The Morgan fingerprint density at radius 3 is 1.19 bits per heavy atom. The predicted octanol–water partition coefficient (Wildman–Crippen LogP) is 13.0. The SMILES string of the molecule is CCCCCCCCCCC(CN(CCCC(=O)O)CC(CCCCCCCCCC)O[Si](C)(C)C(C)(C)C)O[Si](C)(C)C(C)(C)C. The first kappa shape index (κ1) is 46.8. The number of carboxylic acid groups (broad SMARTS) is 1. The first-order valence-electron chi connectivity index (χ1n) is 20.2. The van der Waals surface area contributed by atoms with Crippen molar-refractivity contribution < 1.29 is 18.8 Å². The van der Waals surface area contributed by atoms with E-state index >= 15 is 0 Å². The Labute approximate surface area is 297 Å². The van der Waals surface area contributed by atoms with Crippen LogP contribution < -0.4 is 0 Å². The van der Waals surface area contributed by atoms with Crippen LogP contribution in [0.5, 0.6) is 0 Å². The molecule has 282 valence electrons. The third-order valence-electron chi connectivity index (χ3n) is 11.1. The second-order valence-corrected chi connectivity index (χ2v) is 27.3. The van der Waals surface area contributed by atoms with Crippen molar-refractivity contribution in [2.45, 2.75) is 232 Å². The van der Waals surface area contributed by atoms with E-state index in [1.165, 1.54) is 103 Å². The van der Waals surface area contributed by atoms with Crippen molar-refractivity contribution in [3.05, 3.63) is 0 Å². The van der Waals surface area contributed by atoms with Gasteiger partial charge >= 0.3 is 5.97 Å². The third-order valence-corrected chi connectivity index (χ3v) is 20.2. The molecular formula is C40H85NO4Si2. The molecule has 0 bridgehead atoms. The molecule has 1 N–H and O–H groups in total. The van der Waals surface area contributed by atoms with E-state index in [9.17, 15) is 9.90 Å². The van der Waals surface area contributed by atoms with E-state index < -0.39 is 22.6 Å². The van der Waals surface area contributed by atoms with Gasteiger partial charge in [-0.15, -0.1) is 0 Å². The molecule has 0 saturated heterocycles. The highest BCUT2D eigenvalue weighted by molar-refractivity contribution is 6.74. The minimum Gasteiger partial charge on any atom is -0.481 e. The molecule has 0 amide bonds. The van der Waals surface area contributed by atoms with Crippen molar-refractivity contribution in [2.75, 3.05) is 19.6 Å². The first-order chi connectivity index (χ1) is 21.9. The largest absolute Gasteiger partial charge is 0.481 e. The number of carbonyl (C=O) groups is 1. The Bertz CT molecular complexity index is 721. The van der Waals surface area contributed by atoms with Crippen molar-refractivity contribution in [3.63, 3.8) is 0 Å². The number of carboxylic acids is 1. The summed E-state index contributed by atoms with van der Waals surface area (Å²) in [4.78, 5) is 14.1. The summed E-state index contributed by atoms with van der Waals surface area (Å²) in [5.74, 6) is -0.703. The number of aliphatic carboxylic acids is 1. The van der Waals surface area contributed by atoms with Gasteiger partial charge in [0.2, 0.25) is 0 Å². The second-order valence-electron chi connectivity index (χ2n) is 17.8. The molecule has 0 heterocycles. The van der Waals surface area contributed by atoms with E-state index in [4.69, 9.17) is 8.85 Å². The lowest BCUT2D eigenvalue weighted by atomic mass is 10.0. The number of hydrogen-bond acceptors (Lipinski definition) is 4. The van der Waals surface area contributed by atoms with Crippen LogP contribution in [0.1, 0.15) is 184 Å². The zero-order chi connectivity index (χ0) is 36.0. The van der Waals surface area contributed by atoms with Gasteiger partial charge in [-0.1, -0.05) is 158 Å². The highest BCUT2D eigenvalue weighted by atomic mass is 28.4. The highest BCUT2D eigenvalue weighted by Crippen LogP contribution is 2.39. The molecule has 0 aliphatic carbocycles. The van der Waals surface area contributed by atoms with Crippen LogP contribution in [0.2, 0.25) is 36.3 Å². The van der Waals surface area contributed by atoms with Crippen LogP contribution >= 0.6 is 0 Å². The van der Waals surface area contributed by atoms with Gasteiger partial charge in [0.1, 0.15) is 0 Å². The molecule has 0 aromatic carbocycles. The minimum absolute atomic E-state index is 0.156. The number of hydrogen-bond donors (Lipinski definition) is 1. The van der Waals surface area contributed by atoms with E-state index in [1.807, 2.05) is 0 Å². The molecule has 0 radical (unpaired) electrons. The second kappa shape index (κ2) is 24.9. The van der Waals surface area contributed by atoms with Gasteiger partial charge in [-0.05, 0) is 62.1 Å². The number of rotatable bonds is 30. The molecule has 0 aromatic heterocycles. The fraction of sp³-hybridized carbons (Fsp3) is 0.975. The van der Waals surface area contributed by atoms with Crippen LogP contribution in [0.25, 0.3) is 0 Å². The predicted molar refractivity (Wildman–Crippen MR) is 212 cm³/mol. The average Bonchev–Trinajstić information content (AvgIpc) is 2.93. The quantitative estimate of drug-likeness (QED) is 0.0597. The fourth-order valence-corrected chi connectivity index (χ4v) is 8.62. The summed E-state index contributed by atoms with van der Waals surface area (Å²) in [6.07, 6.45) is 24.5. The summed E-state index contributed by atoms with van der Waals surface area (Å²) in [7, 11) is -3.93. The summed E-state index contributed by atoms with van der Waals surface area (Å²) in [5, 5.41) is 9.80. The Balaban J connectivity index is 5.81. The molecule has 0 saturated carbocycles. The summed E-state index contributed by atoms with van der Waals surface area (Å²) in [6, 6.07) is 0. The van der Waals surface area contributed by atoms with Crippen LogP contribution in [-0.4, -0.2) is 64.5 Å². The molecule has 0 aliphatic rings. The molecule has 0 spiro atoms. The van der Waals surface area contributed by atoms with Gasteiger partial charge in [0, 0.05) is 19.5 Å². The summed E-state index contributed by atoms with van der Waals surface area (Å²) in [6.45, 7) is 30.7. The lowest BCUT2D eigenvalue weighted by Crippen LogP contribution is -2.50. The summed E-state index contributed by atoms with van der Waals surface area (Å²) >= 11 is 0. The molecule has 47 heavy (non-hydrogen) atoms. The zero-order valence-corrected chi connectivity index (χ0v) is 36.0. The normalized spacial score (nSPS) is 14.6. The van der Waals surface area contributed by atoms with Crippen molar-refractivity contribution in [1.29, 1.82) is 0 Å². The Hall–Kier alpha value is -0.216. The lowest BCUT2D eigenvalue weighted by molar-refractivity contribution is -0.137. The van der Waals surface area contributed by atoms with Crippen LogP contribution in [0.3, 0.4) is 0 Å². The van der Waals surface area contributed by atoms with E-state index in [-0.39, 0.29) is 28.7 Å². The van der Waals surface area contributed by atoms with Crippen LogP contribution in [0.4, 0.5) is 0 Å². The van der Waals surface area contributed by atoms with Gasteiger partial charge in [0.05, 0.1) is 12.2 Å². The van der Waals surface area contributed by atoms with Crippen LogP contribution in [-0.2, 0) is 13.6 Å². The summed E-state index contributed by atoms with van der Waals surface area (Å²) < 4.78 is 14.3. The monoisotopic (exact) mass is 700 g/mol. The molecule has 7 heteroatoms.